The van der Waals surface area contributed by atoms with E-state index in [9.17, 15) is 13.2 Å². The molecular weight excluding hydrogens is 413 g/mol. The number of rotatable bonds is 4. The number of hydrogen-bond donors (Lipinski definition) is 1. The van der Waals surface area contributed by atoms with Crippen molar-refractivity contribution >= 4 is 44.0 Å². The molecule has 0 aromatic heterocycles. The molecule has 0 fully saturated rings. The minimum Gasteiger partial charge on any atom is -0.322 e. The summed E-state index contributed by atoms with van der Waals surface area (Å²) in [6.07, 6.45) is 0. The summed E-state index contributed by atoms with van der Waals surface area (Å²) in [6.45, 7) is 3.20. The number of carbonyl (C=O) groups is 1. The highest BCUT2D eigenvalue weighted by atomic mass is 127. The zero-order chi connectivity index (χ0) is 16.3. The average Bonchev–Trinajstić information content (AvgIpc) is 2.49. The first-order valence-electron chi connectivity index (χ1n) is 6.72. The molecule has 0 aliphatic carbocycles. The third-order valence-electron chi connectivity index (χ3n) is 3.16. The Kier molecular flexibility index (Phi) is 5.23. The molecule has 0 bridgehead atoms. The molecule has 4 nitrogen and oxygen atoms in total. The van der Waals surface area contributed by atoms with Gasteiger partial charge in [0.2, 0.25) is 0 Å². The lowest BCUT2D eigenvalue weighted by atomic mass is 10.2. The molecule has 2 aromatic carbocycles. The maximum atomic E-state index is 12.4. The van der Waals surface area contributed by atoms with Gasteiger partial charge in [-0.25, -0.2) is 8.42 Å². The number of benzene rings is 2. The predicted molar refractivity (Wildman–Crippen MR) is 95.9 cm³/mol. The fourth-order valence-corrected chi connectivity index (χ4v) is 3.49. The van der Waals surface area contributed by atoms with Crippen LogP contribution in [0.3, 0.4) is 0 Å². The lowest BCUT2D eigenvalue weighted by Crippen LogP contribution is -2.20. The summed E-state index contributed by atoms with van der Waals surface area (Å²) in [4.78, 5) is 12.5. The van der Waals surface area contributed by atoms with Gasteiger partial charge in [0, 0.05) is 9.26 Å². The quantitative estimate of drug-likeness (QED) is 0.754. The van der Waals surface area contributed by atoms with Gasteiger partial charge >= 0.3 is 0 Å². The van der Waals surface area contributed by atoms with Crippen LogP contribution in [0.1, 0.15) is 24.2 Å². The number of nitrogens with one attached hydrogen (secondary N) is 1. The van der Waals surface area contributed by atoms with Crippen LogP contribution in [0, 0.1) is 3.57 Å². The summed E-state index contributed by atoms with van der Waals surface area (Å²) < 4.78 is 25.8. The zero-order valence-electron chi connectivity index (χ0n) is 12.2. The molecule has 0 spiro atoms. The van der Waals surface area contributed by atoms with Crippen molar-refractivity contribution in [2.75, 3.05) is 5.32 Å². The Bertz CT molecular complexity index is 783. The second-order valence-corrected chi connectivity index (χ2v) is 8.77. The maximum absolute atomic E-state index is 12.4. The van der Waals surface area contributed by atoms with E-state index < -0.39 is 21.0 Å². The Morgan fingerprint density at radius 2 is 1.64 bits per heavy atom. The molecular formula is C16H16INO3S. The minimum atomic E-state index is -3.51. The van der Waals surface area contributed by atoms with Gasteiger partial charge in [-0.05, 0) is 72.8 Å². The largest absolute Gasteiger partial charge is 0.322 e. The first-order chi connectivity index (χ1) is 10.3. The van der Waals surface area contributed by atoms with Gasteiger partial charge in [-0.2, -0.15) is 0 Å². The molecule has 2 aromatic rings. The van der Waals surface area contributed by atoms with Crippen molar-refractivity contribution in [3.8, 4) is 0 Å². The highest BCUT2D eigenvalue weighted by Crippen LogP contribution is 2.22. The predicted octanol–water partition coefficient (Wildman–Crippen LogP) is 3.73. The summed E-state index contributed by atoms with van der Waals surface area (Å²) >= 11 is 2.17. The van der Waals surface area contributed by atoms with Crippen LogP contribution >= 0.6 is 22.6 Å². The van der Waals surface area contributed by atoms with E-state index in [1.807, 2.05) is 12.1 Å². The topological polar surface area (TPSA) is 63.2 Å². The lowest BCUT2D eigenvalue weighted by molar-refractivity contribution is 0.102. The molecule has 0 radical (unpaired) electrons. The summed E-state index contributed by atoms with van der Waals surface area (Å²) in [5, 5.41) is 2.15. The van der Waals surface area contributed by atoms with Gasteiger partial charge in [-0.15, -0.1) is 0 Å². The Morgan fingerprint density at radius 1 is 1.05 bits per heavy atom. The molecule has 22 heavy (non-hydrogen) atoms. The molecule has 0 saturated heterocycles. The lowest BCUT2D eigenvalue weighted by Gasteiger charge is -2.13. The van der Waals surface area contributed by atoms with E-state index in [-0.39, 0.29) is 10.5 Å². The van der Waals surface area contributed by atoms with Crippen molar-refractivity contribution in [2.24, 2.45) is 0 Å². The Morgan fingerprint density at radius 3 is 2.23 bits per heavy atom. The number of anilines is 1. The van der Waals surface area contributed by atoms with Crippen LogP contribution in [0.5, 0.6) is 0 Å². The molecule has 6 heteroatoms. The highest BCUT2D eigenvalue weighted by molar-refractivity contribution is 14.1. The molecule has 0 atom stereocenters. The van der Waals surface area contributed by atoms with Gasteiger partial charge in [0.25, 0.3) is 5.91 Å². The second-order valence-electron chi connectivity index (χ2n) is 5.05. The normalized spacial score (nSPS) is 11.5. The van der Waals surface area contributed by atoms with Crippen molar-refractivity contribution in [2.45, 2.75) is 24.0 Å². The molecule has 2 rings (SSSR count). The number of carbonyl (C=O) groups excluding carboxylic acids is 1. The SMILES string of the molecule is CC(C)S(=O)(=O)c1ccccc1C(=O)Nc1ccc(I)cc1. The zero-order valence-corrected chi connectivity index (χ0v) is 15.2. The number of halogens is 1. The van der Waals surface area contributed by atoms with Gasteiger partial charge in [-0.3, -0.25) is 4.79 Å². The number of hydrogen-bond acceptors (Lipinski definition) is 3. The van der Waals surface area contributed by atoms with E-state index in [4.69, 9.17) is 0 Å². The smallest absolute Gasteiger partial charge is 0.256 e. The molecule has 1 amide bonds. The van der Waals surface area contributed by atoms with Crippen LogP contribution in [0.25, 0.3) is 0 Å². The fourth-order valence-electron chi connectivity index (χ4n) is 1.89. The molecule has 116 valence electrons. The van der Waals surface area contributed by atoms with Crippen molar-refractivity contribution in [3.05, 3.63) is 57.7 Å². The van der Waals surface area contributed by atoms with Crippen LogP contribution in [0.4, 0.5) is 5.69 Å². The maximum Gasteiger partial charge on any atom is 0.256 e. The van der Waals surface area contributed by atoms with E-state index in [1.165, 1.54) is 12.1 Å². The van der Waals surface area contributed by atoms with Gasteiger partial charge in [0.15, 0.2) is 9.84 Å². The van der Waals surface area contributed by atoms with E-state index >= 15 is 0 Å². The molecule has 0 unspecified atom stereocenters. The number of sulfone groups is 1. The highest BCUT2D eigenvalue weighted by Gasteiger charge is 2.25. The van der Waals surface area contributed by atoms with E-state index in [2.05, 4.69) is 27.9 Å². The first-order valence-corrected chi connectivity index (χ1v) is 9.34. The van der Waals surface area contributed by atoms with Crippen molar-refractivity contribution in [1.82, 2.24) is 0 Å². The van der Waals surface area contributed by atoms with Gasteiger partial charge < -0.3 is 5.32 Å². The summed E-state index contributed by atoms with van der Waals surface area (Å²) in [7, 11) is -3.51. The minimum absolute atomic E-state index is 0.0630. The summed E-state index contributed by atoms with van der Waals surface area (Å²) in [6, 6.07) is 13.6. The molecule has 0 aliphatic heterocycles. The molecule has 0 aliphatic rings. The summed E-state index contributed by atoms with van der Waals surface area (Å²) in [5.74, 6) is -0.430. The first kappa shape index (κ1) is 17.0. The molecule has 0 heterocycles. The Balaban J connectivity index is 2.37. The van der Waals surface area contributed by atoms with Crippen molar-refractivity contribution in [3.63, 3.8) is 0 Å². The fraction of sp³-hybridized carbons (Fsp3) is 0.188. The summed E-state index contributed by atoms with van der Waals surface area (Å²) in [5.41, 5.74) is 0.789. The monoisotopic (exact) mass is 429 g/mol. The van der Waals surface area contributed by atoms with Crippen LogP contribution in [-0.4, -0.2) is 19.6 Å². The number of amides is 1. The van der Waals surface area contributed by atoms with Crippen molar-refractivity contribution in [1.29, 1.82) is 0 Å². The van der Waals surface area contributed by atoms with Gasteiger partial charge in [0.1, 0.15) is 0 Å². The van der Waals surface area contributed by atoms with E-state index in [1.54, 1.807) is 38.1 Å². The third-order valence-corrected chi connectivity index (χ3v) is 6.09. The van der Waals surface area contributed by atoms with E-state index in [0.717, 1.165) is 3.57 Å². The Labute approximate surface area is 144 Å². The average molecular weight is 429 g/mol. The molecule has 1 N–H and O–H groups in total. The van der Waals surface area contributed by atoms with Crippen molar-refractivity contribution < 1.29 is 13.2 Å². The third kappa shape index (κ3) is 3.67. The van der Waals surface area contributed by atoms with Crippen LogP contribution in [0.15, 0.2) is 53.4 Å². The van der Waals surface area contributed by atoms with E-state index in [0.29, 0.717) is 5.69 Å². The van der Waals surface area contributed by atoms with Gasteiger partial charge in [-0.1, -0.05) is 12.1 Å². The van der Waals surface area contributed by atoms with Gasteiger partial charge in [0.05, 0.1) is 15.7 Å². The Hall–Kier alpha value is -1.41. The second kappa shape index (κ2) is 6.78. The van der Waals surface area contributed by atoms with Crippen LogP contribution in [0.2, 0.25) is 0 Å². The van der Waals surface area contributed by atoms with Crippen LogP contribution in [-0.2, 0) is 9.84 Å². The standard InChI is InChI=1S/C16H16INO3S/c1-11(2)22(20,21)15-6-4-3-5-14(15)16(19)18-13-9-7-12(17)8-10-13/h3-11H,1-2H3,(H,18,19). The molecule has 0 saturated carbocycles. The van der Waals surface area contributed by atoms with Crippen LogP contribution < -0.4 is 5.32 Å².